The van der Waals surface area contributed by atoms with Gasteiger partial charge in [0.25, 0.3) is 0 Å². The third kappa shape index (κ3) is 4.99. The number of rotatable bonds is 8. The lowest BCUT2D eigenvalue weighted by Crippen LogP contribution is -2.19. The summed E-state index contributed by atoms with van der Waals surface area (Å²) in [5.41, 5.74) is 2.14. The summed E-state index contributed by atoms with van der Waals surface area (Å²) < 4.78 is 10.7. The maximum absolute atomic E-state index is 5.69. The summed E-state index contributed by atoms with van der Waals surface area (Å²) in [6.45, 7) is 2.83. The van der Waals surface area contributed by atoms with Gasteiger partial charge >= 0.3 is 0 Å². The van der Waals surface area contributed by atoms with E-state index >= 15 is 0 Å². The first kappa shape index (κ1) is 14.5. The van der Waals surface area contributed by atoms with Gasteiger partial charge in [0, 0.05) is 20.2 Å². The van der Waals surface area contributed by atoms with Crippen molar-refractivity contribution in [1.82, 2.24) is 10.3 Å². The largest absolute Gasteiger partial charge is 0.487 e. The molecule has 4 heteroatoms. The second kappa shape index (κ2) is 8.30. The molecule has 0 amide bonds. The lowest BCUT2D eigenvalue weighted by Gasteiger charge is -2.07. The number of hydrogen-bond acceptors (Lipinski definition) is 4. The Kier molecular flexibility index (Phi) is 6.02. The molecular weight excluding hydrogens is 252 g/mol. The van der Waals surface area contributed by atoms with Crippen molar-refractivity contribution in [2.75, 3.05) is 20.3 Å². The van der Waals surface area contributed by atoms with Gasteiger partial charge < -0.3 is 14.8 Å². The van der Waals surface area contributed by atoms with E-state index in [2.05, 4.69) is 10.3 Å². The molecule has 0 radical (unpaired) electrons. The van der Waals surface area contributed by atoms with Crippen LogP contribution in [0, 0.1) is 0 Å². The fourth-order valence-electron chi connectivity index (χ4n) is 1.73. The predicted molar refractivity (Wildman–Crippen MR) is 78.6 cm³/mol. The molecule has 2 aromatic rings. The summed E-state index contributed by atoms with van der Waals surface area (Å²) in [4.78, 5) is 4.36. The van der Waals surface area contributed by atoms with Crippen LogP contribution in [0.3, 0.4) is 0 Å². The summed E-state index contributed by atoms with van der Waals surface area (Å²) in [6, 6.07) is 14.0. The van der Waals surface area contributed by atoms with Crippen molar-refractivity contribution in [1.29, 1.82) is 0 Å². The normalized spacial score (nSPS) is 10.4. The Bertz CT molecular complexity index is 486. The van der Waals surface area contributed by atoms with Crippen LogP contribution in [0.15, 0.2) is 48.7 Å². The summed E-state index contributed by atoms with van der Waals surface area (Å²) in [7, 11) is 1.69. The number of pyridine rings is 1. The molecule has 0 atom stereocenters. The van der Waals surface area contributed by atoms with Crippen LogP contribution in [-0.4, -0.2) is 25.2 Å². The van der Waals surface area contributed by atoms with Crippen molar-refractivity contribution in [3.8, 4) is 5.75 Å². The third-order valence-corrected chi connectivity index (χ3v) is 2.84. The van der Waals surface area contributed by atoms with Gasteiger partial charge in [-0.1, -0.05) is 30.3 Å². The quantitative estimate of drug-likeness (QED) is 0.749. The van der Waals surface area contributed by atoms with E-state index in [-0.39, 0.29) is 0 Å². The van der Waals surface area contributed by atoms with Gasteiger partial charge in [-0.25, -0.2) is 0 Å². The molecule has 0 saturated heterocycles. The van der Waals surface area contributed by atoms with Crippen LogP contribution >= 0.6 is 0 Å². The molecule has 0 unspecified atom stereocenters. The van der Waals surface area contributed by atoms with Gasteiger partial charge in [0.05, 0.1) is 18.5 Å². The van der Waals surface area contributed by atoms with Crippen LogP contribution in [0.2, 0.25) is 0 Å². The van der Waals surface area contributed by atoms with Gasteiger partial charge in [0.2, 0.25) is 0 Å². The maximum atomic E-state index is 5.69. The van der Waals surface area contributed by atoms with Crippen LogP contribution in [0.25, 0.3) is 0 Å². The zero-order chi connectivity index (χ0) is 14.0. The number of methoxy groups -OCH3 is 1. The highest BCUT2D eigenvalue weighted by Gasteiger charge is 1.98. The fraction of sp³-hybridized carbons (Fsp3) is 0.312. The lowest BCUT2D eigenvalue weighted by molar-refractivity contribution is 0.199. The number of benzene rings is 1. The van der Waals surface area contributed by atoms with Gasteiger partial charge in [-0.05, 0) is 17.7 Å². The summed E-state index contributed by atoms with van der Waals surface area (Å²) in [5, 5.41) is 3.25. The van der Waals surface area contributed by atoms with Gasteiger partial charge in [-0.15, -0.1) is 0 Å². The summed E-state index contributed by atoms with van der Waals surface area (Å²) >= 11 is 0. The zero-order valence-electron chi connectivity index (χ0n) is 11.7. The molecule has 20 heavy (non-hydrogen) atoms. The van der Waals surface area contributed by atoms with E-state index in [9.17, 15) is 0 Å². The van der Waals surface area contributed by atoms with Crippen LogP contribution in [0.5, 0.6) is 5.75 Å². The minimum absolute atomic E-state index is 0.563. The highest BCUT2D eigenvalue weighted by Crippen LogP contribution is 2.11. The molecule has 4 nitrogen and oxygen atoms in total. The first-order valence-corrected chi connectivity index (χ1v) is 6.70. The molecule has 1 aromatic heterocycles. The van der Waals surface area contributed by atoms with Crippen LogP contribution < -0.4 is 10.1 Å². The number of hydrogen-bond donors (Lipinski definition) is 1. The Morgan fingerprint density at radius 1 is 1.10 bits per heavy atom. The van der Waals surface area contributed by atoms with Gasteiger partial charge in [-0.3, -0.25) is 4.98 Å². The van der Waals surface area contributed by atoms with Gasteiger partial charge in [0.1, 0.15) is 12.4 Å². The number of ether oxygens (including phenoxy) is 2. The molecule has 0 saturated carbocycles. The molecule has 0 fully saturated rings. The zero-order valence-corrected chi connectivity index (χ0v) is 11.7. The minimum Gasteiger partial charge on any atom is -0.487 e. The number of nitrogens with one attached hydrogen (secondary N) is 1. The van der Waals surface area contributed by atoms with Crippen molar-refractivity contribution in [3.63, 3.8) is 0 Å². The summed E-state index contributed by atoms with van der Waals surface area (Å²) in [5.74, 6) is 0.787. The van der Waals surface area contributed by atoms with Crippen LogP contribution in [0.1, 0.15) is 11.3 Å². The van der Waals surface area contributed by atoms with Crippen molar-refractivity contribution in [2.24, 2.45) is 0 Å². The molecule has 0 bridgehead atoms. The first-order valence-electron chi connectivity index (χ1n) is 6.70. The van der Waals surface area contributed by atoms with E-state index in [0.717, 1.165) is 30.1 Å². The molecule has 1 N–H and O–H groups in total. The van der Waals surface area contributed by atoms with Crippen molar-refractivity contribution in [2.45, 2.75) is 13.2 Å². The summed E-state index contributed by atoms with van der Waals surface area (Å²) in [6.07, 6.45) is 1.76. The fourth-order valence-corrected chi connectivity index (χ4v) is 1.73. The highest BCUT2D eigenvalue weighted by molar-refractivity contribution is 5.21. The number of aromatic nitrogens is 1. The Hall–Kier alpha value is -1.91. The molecule has 1 heterocycles. The minimum atomic E-state index is 0.563. The molecule has 0 aliphatic carbocycles. The molecule has 1 aromatic carbocycles. The van der Waals surface area contributed by atoms with E-state index in [1.54, 1.807) is 13.3 Å². The predicted octanol–water partition coefficient (Wildman–Crippen LogP) is 2.40. The Morgan fingerprint density at radius 3 is 2.65 bits per heavy atom. The Morgan fingerprint density at radius 2 is 1.95 bits per heavy atom. The van der Waals surface area contributed by atoms with Crippen LogP contribution in [-0.2, 0) is 17.9 Å². The SMILES string of the molecule is COCCNCc1ccc(OCc2ccccc2)cn1. The van der Waals surface area contributed by atoms with Gasteiger partial charge in [0.15, 0.2) is 0 Å². The third-order valence-electron chi connectivity index (χ3n) is 2.84. The lowest BCUT2D eigenvalue weighted by atomic mass is 10.2. The van der Waals surface area contributed by atoms with Crippen molar-refractivity contribution >= 4 is 0 Å². The monoisotopic (exact) mass is 272 g/mol. The average Bonchev–Trinajstić information content (AvgIpc) is 2.52. The second-order valence-corrected chi connectivity index (χ2v) is 4.43. The smallest absolute Gasteiger partial charge is 0.138 e. The molecular formula is C16H20N2O2. The molecule has 0 spiro atoms. The van der Waals surface area contributed by atoms with Crippen LogP contribution in [0.4, 0.5) is 0 Å². The molecule has 0 aliphatic heterocycles. The van der Waals surface area contributed by atoms with Crippen molar-refractivity contribution < 1.29 is 9.47 Å². The van der Waals surface area contributed by atoms with E-state index in [1.165, 1.54) is 0 Å². The standard InChI is InChI=1S/C16H20N2O2/c1-19-10-9-17-11-15-7-8-16(12-18-15)20-13-14-5-3-2-4-6-14/h2-8,12,17H,9-11,13H2,1H3. The second-order valence-electron chi connectivity index (χ2n) is 4.43. The maximum Gasteiger partial charge on any atom is 0.138 e. The highest BCUT2D eigenvalue weighted by atomic mass is 16.5. The van der Waals surface area contributed by atoms with E-state index < -0.39 is 0 Å². The van der Waals surface area contributed by atoms with E-state index in [1.807, 2.05) is 42.5 Å². The Balaban J connectivity index is 1.76. The topological polar surface area (TPSA) is 43.4 Å². The van der Waals surface area contributed by atoms with E-state index in [0.29, 0.717) is 13.2 Å². The van der Waals surface area contributed by atoms with E-state index in [4.69, 9.17) is 9.47 Å². The molecule has 106 valence electrons. The van der Waals surface area contributed by atoms with Crippen molar-refractivity contribution in [3.05, 3.63) is 59.9 Å². The Labute approximate surface area is 119 Å². The van der Waals surface area contributed by atoms with Gasteiger partial charge in [-0.2, -0.15) is 0 Å². The number of nitrogens with zero attached hydrogens (tertiary/aromatic N) is 1. The molecule has 0 aliphatic rings. The first-order chi connectivity index (χ1) is 9.88. The molecule has 2 rings (SSSR count). The average molecular weight is 272 g/mol.